The number of rotatable bonds is 2. The molecule has 1 aromatic rings. The van der Waals surface area contributed by atoms with Crippen LogP contribution in [-0.2, 0) is 4.79 Å². The lowest BCUT2D eigenvalue weighted by atomic mass is 9.97. The molecule has 1 heterocycles. The molecule has 0 spiro atoms. The molecule has 0 aromatic heterocycles. The van der Waals surface area contributed by atoms with Crippen LogP contribution in [0.3, 0.4) is 0 Å². The largest absolute Gasteiger partial charge is 0.481 e. The van der Waals surface area contributed by atoms with Crippen molar-refractivity contribution >= 4 is 29.2 Å². The Hall–Kier alpha value is -1.75. The van der Waals surface area contributed by atoms with Crippen LogP contribution in [0.25, 0.3) is 0 Å². The zero-order valence-electron chi connectivity index (χ0n) is 10.3. The molecule has 1 fully saturated rings. The lowest BCUT2D eigenvalue weighted by molar-refractivity contribution is -0.143. The number of halogens is 1. The van der Waals surface area contributed by atoms with Gasteiger partial charge in [0.05, 0.1) is 16.6 Å². The first-order chi connectivity index (χ1) is 8.99. The van der Waals surface area contributed by atoms with Crippen LogP contribution in [0.2, 0.25) is 5.02 Å². The summed E-state index contributed by atoms with van der Waals surface area (Å²) in [6.45, 7) is 0.820. The highest BCUT2D eigenvalue weighted by Gasteiger charge is 2.28. The third-order valence-electron chi connectivity index (χ3n) is 3.31. The first-order valence-corrected chi connectivity index (χ1v) is 6.44. The summed E-state index contributed by atoms with van der Waals surface area (Å²) < 4.78 is 0. The molecular formula is C13H15ClN2O3. The van der Waals surface area contributed by atoms with Crippen LogP contribution in [-0.4, -0.2) is 35.0 Å². The minimum Gasteiger partial charge on any atom is -0.481 e. The van der Waals surface area contributed by atoms with Gasteiger partial charge in [0.25, 0.3) is 5.91 Å². The number of carboxylic acid groups (broad SMARTS) is 1. The number of anilines is 1. The maximum atomic E-state index is 12.3. The molecule has 1 aliphatic rings. The van der Waals surface area contributed by atoms with Gasteiger partial charge in [-0.05, 0) is 31.0 Å². The van der Waals surface area contributed by atoms with Crippen molar-refractivity contribution in [2.45, 2.75) is 12.8 Å². The summed E-state index contributed by atoms with van der Waals surface area (Å²) in [6, 6.07) is 4.70. The van der Waals surface area contributed by atoms with Crippen LogP contribution in [0.4, 0.5) is 5.69 Å². The zero-order valence-corrected chi connectivity index (χ0v) is 11.1. The molecule has 1 atom stereocenters. The quantitative estimate of drug-likeness (QED) is 0.811. The molecule has 1 amide bonds. The summed E-state index contributed by atoms with van der Waals surface area (Å²) >= 11 is 5.89. The molecule has 2 rings (SSSR count). The summed E-state index contributed by atoms with van der Waals surface area (Å²) in [7, 11) is 0. The van der Waals surface area contributed by atoms with Crippen molar-refractivity contribution in [3.8, 4) is 0 Å². The highest BCUT2D eigenvalue weighted by molar-refractivity contribution is 6.33. The van der Waals surface area contributed by atoms with Gasteiger partial charge in [0, 0.05) is 18.7 Å². The van der Waals surface area contributed by atoms with Gasteiger partial charge in [-0.3, -0.25) is 9.59 Å². The van der Waals surface area contributed by atoms with Gasteiger partial charge >= 0.3 is 5.97 Å². The second kappa shape index (κ2) is 5.48. The normalized spacial score (nSPS) is 19.2. The molecule has 102 valence electrons. The molecule has 0 bridgehead atoms. The number of hydrogen-bond acceptors (Lipinski definition) is 3. The number of piperidine rings is 1. The van der Waals surface area contributed by atoms with E-state index >= 15 is 0 Å². The summed E-state index contributed by atoms with van der Waals surface area (Å²) in [5, 5.41) is 9.34. The van der Waals surface area contributed by atoms with Crippen LogP contribution in [0.5, 0.6) is 0 Å². The number of nitrogens with zero attached hydrogens (tertiary/aromatic N) is 1. The van der Waals surface area contributed by atoms with E-state index < -0.39 is 11.9 Å². The molecule has 0 saturated carbocycles. The minimum absolute atomic E-state index is 0.201. The Morgan fingerprint density at radius 3 is 2.79 bits per heavy atom. The van der Waals surface area contributed by atoms with Gasteiger partial charge in [-0.25, -0.2) is 0 Å². The van der Waals surface area contributed by atoms with Crippen LogP contribution < -0.4 is 5.73 Å². The summed E-state index contributed by atoms with van der Waals surface area (Å²) in [6.07, 6.45) is 1.31. The zero-order chi connectivity index (χ0) is 14.0. The molecule has 1 aromatic carbocycles. The van der Waals surface area contributed by atoms with E-state index in [-0.39, 0.29) is 12.5 Å². The number of benzene rings is 1. The molecule has 3 N–H and O–H groups in total. The Balaban J connectivity index is 2.14. The first kappa shape index (κ1) is 13.7. The van der Waals surface area contributed by atoms with Gasteiger partial charge in [0.15, 0.2) is 0 Å². The number of nitrogens with two attached hydrogens (primary N) is 1. The second-order valence-corrected chi connectivity index (χ2v) is 5.07. The van der Waals surface area contributed by atoms with E-state index in [9.17, 15) is 9.59 Å². The molecule has 1 saturated heterocycles. The highest BCUT2D eigenvalue weighted by atomic mass is 35.5. The van der Waals surface area contributed by atoms with Crippen molar-refractivity contribution in [3.05, 3.63) is 28.8 Å². The van der Waals surface area contributed by atoms with Gasteiger partial charge in [-0.1, -0.05) is 11.6 Å². The maximum Gasteiger partial charge on any atom is 0.308 e. The lowest BCUT2D eigenvalue weighted by Gasteiger charge is -2.30. The number of carbonyl (C=O) groups excluding carboxylic acids is 1. The summed E-state index contributed by atoms with van der Waals surface area (Å²) in [5.74, 6) is -1.54. The van der Waals surface area contributed by atoms with E-state index in [1.807, 2.05) is 0 Å². The summed E-state index contributed by atoms with van der Waals surface area (Å²) in [4.78, 5) is 24.8. The number of likely N-dealkylation sites (tertiary alicyclic amines) is 1. The average molecular weight is 283 g/mol. The van der Waals surface area contributed by atoms with Crippen molar-refractivity contribution in [3.63, 3.8) is 0 Å². The fraction of sp³-hybridized carbons (Fsp3) is 0.385. The number of carboxylic acids is 1. The molecule has 0 aliphatic carbocycles. The Morgan fingerprint density at radius 2 is 2.16 bits per heavy atom. The second-order valence-electron chi connectivity index (χ2n) is 4.66. The number of amides is 1. The molecule has 0 radical (unpaired) electrons. The van der Waals surface area contributed by atoms with Crippen LogP contribution >= 0.6 is 11.6 Å². The topological polar surface area (TPSA) is 83.6 Å². The van der Waals surface area contributed by atoms with Crippen LogP contribution in [0.15, 0.2) is 18.2 Å². The van der Waals surface area contributed by atoms with E-state index in [2.05, 4.69) is 0 Å². The van der Waals surface area contributed by atoms with Crippen LogP contribution in [0.1, 0.15) is 23.2 Å². The Bertz CT molecular complexity index is 519. The highest BCUT2D eigenvalue weighted by Crippen LogP contribution is 2.23. The van der Waals surface area contributed by atoms with Crippen LogP contribution in [0, 0.1) is 5.92 Å². The Morgan fingerprint density at radius 1 is 1.42 bits per heavy atom. The monoisotopic (exact) mass is 282 g/mol. The summed E-state index contributed by atoms with van der Waals surface area (Å²) in [5.41, 5.74) is 6.45. The SMILES string of the molecule is Nc1ccc(C(=O)N2CCC[C@@H](C(=O)O)C2)cc1Cl. The fourth-order valence-corrected chi connectivity index (χ4v) is 2.39. The lowest BCUT2D eigenvalue weighted by Crippen LogP contribution is -2.42. The minimum atomic E-state index is -0.854. The Labute approximate surface area is 116 Å². The number of aliphatic carboxylic acids is 1. The third kappa shape index (κ3) is 2.98. The predicted octanol–water partition coefficient (Wildman–Crippen LogP) is 1.86. The van der Waals surface area contributed by atoms with Gasteiger partial charge in [0.1, 0.15) is 0 Å². The molecular weight excluding hydrogens is 268 g/mol. The van der Waals surface area contributed by atoms with Crippen molar-refractivity contribution in [2.75, 3.05) is 18.8 Å². The number of hydrogen-bond donors (Lipinski definition) is 2. The van der Waals surface area contributed by atoms with Crippen molar-refractivity contribution < 1.29 is 14.7 Å². The van der Waals surface area contributed by atoms with E-state index in [0.29, 0.717) is 35.7 Å². The van der Waals surface area contributed by atoms with E-state index in [4.69, 9.17) is 22.4 Å². The molecule has 19 heavy (non-hydrogen) atoms. The average Bonchev–Trinajstić information content (AvgIpc) is 2.41. The van der Waals surface area contributed by atoms with E-state index in [1.54, 1.807) is 17.0 Å². The molecule has 5 nitrogen and oxygen atoms in total. The molecule has 0 unspecified atom stereocenters. The van der Waals surface area contributed by atoms with Crippen molar-refractivity contribution in [2.24, 2.45) is 5.92 Å². The third-order valence-corrected chi connectivity index (χ3v) is 3.63. The first-order valence-electron chi connectivity index (χ1n) is 6.06. The smallest absolute Gasteiger partial charge is 0.308 e. The van der Waals surface area contributed by atoms with Crippen molar-refractivity contribution in [1.29, 1.82) is 0 Å². The maximum absolute atomic E-state index is 12.3. The Kier molecular flexibility index (Phi) is 3.95. The van der Waals surface area contributed by atoms with Gasteiger partial charge in [-0.15, -0.1) is 0 Å². The van der Waals surface area contributed by atoms with Gasteiger partial charge in [-0.2, -0.15) is 0 Å². The van der Waals surface area contributed by atoms with Gasteiger partial charge < -0.3 is 15.7 Å². The number of nitrogen functional groups attached to an aromatic ring is 1. The van der Waals surface area contributed by atoms with Gasteiger partial charge in [0.2, 0.25) is 0 Å². The van der Waals surface area contributed by atoms with E-state index in [1.165, 1.54) is 6.07 Å². The van der Waals surface area contributed by atoms with Crippen molar-refractivity contribution in [1.82, 2.24) is 4.90 Å². The van der Waals surface area contributed by atoms with E-state index in [0.717, 1.165) is 0 Å². The molecule has 6 heteroatoms. The standard InChI is InChI=1S/C13H15ClN2O3/c14-10-6-8(3-4-11(10)15)12(17)16-5-1-2-9(7-16)13(18)19/h3-4,6,9H,1-2,5,7,15H2,(H,18,19)/t9-/m1/s1. The molecule has 1 aliphatic heterocycles. The number of carbonyl (C=O) groups is 2. The fourth-order valence-electron chi connectivity index (χ4n) is 2.21. The predicted molar refractivity (Wildman–Crippen MR) is 72.1 cm³/mol.